The fourth-order valence-corrected chi connectivity index (χ4v) is 2.85. The van der Waals surface area contributed by atoms with Gasteiger partial charge in [0.1, 0.15) is 11.7 Å². The molecule has 0 amide bonds. The molecule has 0 bridgehead atoms. The molecule has 0 unspecified atom stereocenters. The summed E-state index contributed by atoms with van der Waals surface area (Å²) in [6.45, 7) is 1.43. The molecule has 21 heavy (non-hydrogen) atoms. The number of hydrogen-bond donors (Lipinski definition) is 1. The quantitative estimate of drug-likeness (QED) is 0.667. The van der Waals surface area contributed by atoms with E-state index in [2.05, 4.69) is 14.4 Å². The van der Waals surface area contributed by atoms with Gasteiger partial charge in [-0.15, -0.1) is 0 Å². The number of carbonyl (C=O) groups is 1. The second-order valence-electron chi connectivity index (χ2n) is 4.12. The van der Waals surface area contributed by atoms with Crippen LogP contribution in [0.5, 0.6) is 0 Å². The number of ether oxygens (including phenoxy) is 1. The van der Waals surface area contributed by atoms with Crippen LogP contribution in [0.4, 0.5) is 0 Å². The van der Waals surface area contributed by atoms with Crippen molar-refractivity contribution in [2.45, 2.75) is 11.8 Å². The molecule has 1 heterocycles. The van der Waals surface area contributed by atoms with E-state index in [4.69, 9.17) is 11.6 Å². The van der Waals surface area contributed by atoms with Gasteiger partial charge in [0.15, 0.2) is 0 Å². The number of halogens is 1. The number of sulfonamides is 1. The Morgan fingerprint density at radius 1 is 1.33 bits per heavy atom. The molecule has 0 fully saturated rings. The molecule has 0 saturated heterocycles. The number of benzene rings is 1. The van der Waals surface area contributed by atoms with Crippen LogP contribution in [0.25, 0.3) is 10.9 Å². The van der Waals surface area contributed by atoms with E-state index < -0.39 is 22.5 Å². The number of aromatic nitrogens is 1. The van der Waals surface area contributed by atoms with E-state index in [1.807, 2.05) is 0 Å². The van der Waals surface area contributed by atoms with Crippen molar-refractivity contribution in [3.63, 3.8) is 0 Å². The first kappa shape index (κ1) is 15.7. The molecular weight excluding hydrogens is 316 g/mol. The Labute approximate surface area is 127 Å². The zero-order chi connectivity index (χ0) is 15.5. The summed E-state index contributed by atoms with van der Waals surface area (Å²) in [5.74, 6) is -0.629. The first-order chi connectivity index (χ1) is 9.92. The number of hydrogen-bond acceptors (Lipinski definition) is 5. The van der Waals surface area contributed by atoms with E-state index >= 15 is 0 Å². The van der Waals surface area contributed by atoms with Gasteiger partial charge in [0, 0.05) is 5.39 Å². The van der Waals surface area contributed by atoms with Gasteiger partial charge >= 0.3 is 5.97 Å². The lowest BCUT2D eigenvalue weighted by atomic mass is 10.2. The van der Waals surface area contributed by atoms with Gasteiger partial charge in [-0.05, 0) is 37.3 Å². The SMILES string of the molecule is CCOC(=O)CNS(=O)(=O)c1ccc2nc(Cl)ccc2c1. The van der Waals surface area contributed by atoms with Gasteiger partial charge < -0.3 is 4.74 Å². The van der Waals surface area contributed by atoms with Crippen LogP contribution in [-0.4, -0.2) is 32.5 Å². The van der Waals surface area contributed by atoms with Crippen LogP contribution < -0.4 is 4.72 Å². The molecule has 0 radical (unpaired) electrons. The minimum Gasteiger partial charge on any atom is -0.465 e. The molecule has 0 aliphatic heterocycles. The van der Waals surface area contributed by atoms with Gasteiger partial charge in [-0.2, -0.15) is 4.72 Å². The van der Waals surface area contributed by atoms with Crippen molar-refractivity contribution in [3.8, 4) is 0 Å². The summed E-state index contributed by atoms with van der Waals surface area (Å²) in [7, 11) is -3.79. The number of nitrogens with one attached hydrogen (secondary N) is 1. The van der Waals surface area contributed by atoms with Gasteiger partial charge in [-0.1, -0.05) is 11.6 Å². The fourth-order valence-electron chi connectivity index (χ4n) is 1.70. The number of pyridine rings is 1. The third-order valence-corrected chi connectivity index (χ3v) is 4.26. The highest BCUT2D eigenvalue weighted by molar-refractivity contribution is 7.89. The maximum Gasteiger partial charge on any atom is 0.321 e. The van der Waals surface area contributed by atoms with Gasteiger partial charge in [0.2, 0.25) is 10.0 Å². The Balaban J connectivity index is 2.24. The first-order valence-electron chi connectivity index (χ1n) is 6.14. The second-order valence-corrected chi connectivity index (χ2v) is 6.27. The Morgan fingerprint density at radius 3 is 2.81 bits per heavy atom. The smallest absolute Gasteiger partial charge is 0.321 e. The average molecular weight is 329 g/mol. The molecule has 0 aliphatic carbocycles. The normalized spacial score (nSPS) is 11.5. The molecule has 6 nitrogen and oxygen atoms in total. The van der Waals surface area contributed by atoms with Crippen molar-refractivity contribution in [2.75, 3.05) is 13.2 Å². The molecule has 0 spiro atoms. The number of fused-ring (bicyclic) bond motifs is 1. The lowest BCUT2D eigenvalue weighted by Gasteiger charge is -2.07. The highest BCUT2D eigenvalue weighted by Gasteiger charge is 2.16. The summed E-state index contributed by atoms with van der Waals surface area (Å²) in [5, 5.41) is 0.969. The van der Waals surface area contributed by atoms with E-state index in [0.717, 1.165) is 0 Å². The van der Waals surface area contributed by atoms with Crippen LogP contribution in [-0.2, 0) is 19.6 Å². The largest absolute Gasteiger partial charge is 0.465 e. The zero-order valence-electron chi connectivity index (χ0n) is 11.2. The second kappa shape index (κ2) is 6.38. The monoisotopic (exact) mass is 328 g/mol. The number of esters is 1. The predicted molar refractivity (Wildman–Crippen MR) is 78.6 cm³/mol. The molecule has 112 valence electrons. The van der Waals surface area contributed by atoms with E-state index in [9.17, 15) is 13.2 Å². The van der Waals surface area contributed by atoms with Crippen molar-refractivity contribution in [2.24, 2.45) is 0 Å². The molecule has 0 atom stereocenters. The van der Waals surface area contributed by atoms with E-state index in [1.54, 1.807) is 25.1 Å². The van der Waals surface area contributed by atoms with Crippen LogP contribution in [0, 0.1) is 0 Å². The van der Waals surface area contributed by atoms with Gasteiger partial charge in [0.05, 0.1) is 17.0 Å². The molecular formula is C13H13ClN2O4S. The summed E-state index contributed by atoms with van der Waals surface area (Å²) in [6, 6.07) is 7.67. The first-order valence-corrected chi connectivity index (χ1v) is 8.00. The molecule has 0 saturated carbocycles. The fraction of sp³-hybridized carbons (Fsp3) is 0.231. The Hall–Kier alpha value is -1.70. The van der Waals surface area contributed by atoms with Crippen molar-refractivity contribution < 1.29 is 17.9 Å². The highest BCUT2D eigenvalue weighted by atomic mass is 35.5. The number of rotatable bonds is 5. The average Bonchev–Trinajstić information content (AvgIpc) is 2.45. The van der Waals surface area contributed by atoms with Gasteiger partial charge in [-0.25, -0.2) is 13.4 Å². The van der Waals surface area contributed by atoms with Gasteiger partial charge in [0.25, 0.3) is 0 Å². The standard InChI is InChI=1S/C13H13ClN2O4S/c1-2-20-13(17)8-15-21(18,19)10-4-5-11-9(7-10)3-6-12(14)16-11/h3-7,15H,2,8H2,1H3. The molecule has 1 aromatic heterocycles. The zero-order valence-corrected chi connectivity index (χ0v) is 12.7. The van der Waals surface area contributed by atoms with E-state index in [0.29, 0.717) is 16.1 Å². The Bertz CT molecular complexity index is 777. The molecule has 1 N–H and O–H groups in total. The van der Waals surface area contributed by atoms with E-state index in [-0.39, 0.29) is 11.5 Å². The van der Waals surface area contributed by atoms with Crippen LogP contribution in [0.3, 0.4) is 0 Å². The third kappa shape index (κ3) is 3.90. The molecule has 8 heteroatoms. The Kier molecular flexibility index (Phi) is 4.76. The summed E-state index contributed by atoms with van der Waals surface area (Å²) < 4.78 is 31.0. The lowest BCUT2D eigenvalue weighted by molar-refractivity contribution is -0.141. The summed E-state index contributed by atoms with van der Waals surface area (Å²) in [5.41, 5.74) is 0.590. The molecule has 2 rings (SSSR count). The summed E-state index contributed by atoms with van der Waals surface area (Å²) >= 11 is 5.77. The topological polar surface area (TPSA) is 85.4 Å². The highest BCUT2D eigenvalue weighted by Crippen LogP contribution is 2.19. The minimum absolute atomic E-state index is 0.0448. The van der Waals surface area contributed by atoms with Crippen molar-refractivity contribution >= 4 is 38.5 Å². The summed E-state index contributed by atoms with van der Waals surface area (Å²) in [6.07, 6.45) is 0. The van der Waals surface area contributed by atoms with Crippen molar-refractivity contribution in [1.82, 2.24) is 9.71 Å². The third-order valence-electron chi connectivity index (χ3n) is 2.65. The molecule has 2 aromatic rings. The predicted octanol–water partition coefficient (Wildman–Crippen LogP) is 1.73. The maximum absolute atomic E-state index is 12.1. The van der Waals surface area contributed by atoms with Crippen LogP contribution in [0.1, 0.15) is 6.92 Å². The summed E-state index contributed by atoms with van der Waals surface area (Å²) in [4.78, 5) is 15.3. The van der Waals surface area contributed by atoms with Gasteiger partial charge in [-0.3, -0.25) is 4.79 Å². The molecule has 1 aromatic carbocycles. The van der Waals surface area contributed by atoms with Crippen molar-refractivity contribution in [3.05, 3.63) is 35.5 Å². The van der Waals surface area contributed by atoms with Crippen LogP contribution >= 0.6 is 11.6 Å². The van der Waals surface area contributed by atoms with Crippen molar-refractivity contribution in [1.29, 1.82) is 0 Å². The maximum atomic E-state index is 12.1. The number of nitrogens with zero attached hydrogens (tertiary/aromatic N) is 1. The minimum atomic E-state index is -3.79. The molecule has 0 aliphatic rings. The Morgan fingerprint density at radius 2 is 2.10 bits per heavy atom. The number of carbonyl (C=O) groups excluding carboxylic acids is 1. The van der Waals surface area contributed by atoms with Crippen LogP contribution in [0.15, 0.2) is 35.2 Å². The van der Waals surface area contributed by atoms with E-state index in [1.165, 1.54) is 12.1 Å². The van der Waals surface area contributed by atoms with Crippen LogP contribution in [0.2, 0.25) is 5.15 Å². The lowest BCUT2D eigenvalue weighted by Crippen LogP contribution is -2.30.